The summed E-state index contributed by atoms with van der Waals surface area (Å²) in [6, 6.07) is 3.90. The van der Waals surface area contributed by atoms with Crippen LogP contribution in [0.25, 0.3) is 5.69 Å². The minimum Gasteiger partial charge on any atom is -0.406 e. The molecule has 13 heteroatoms. The van der Waals surface area contributed by atoms with Gasteiger partial charge in [-0.2, -0.15) is 4.68 Å². The van der Waals surface area contributed by atoms with Crippen LogP contribution in [0.4, 0.5) is 18.0 Å². The van der Waals surface area contributed by atoms with Crippen LogP contribution in [0.5, 0.6) is 5.75 Å². The van der Waals surface area contributed by atoms with Gasteiger partial charge in [-0.25, -0.2) is 4.79 Å². The molecule has 0 unspecified atom stereocenters. The van der Waals surface area contributed by atoms with E-state index in [0.717, 1.165) is 23.9 Å². The van der Waals surface area contributed by atoms with Crippen molar-refractivity contribution < 1.29 is 27.5 Å². The largest absolute Gasteiger partial charge is 0.573 e. The summed E-state index contributed by atoms with van der Waals surface area (Å²) < 4.78 is 41.7. The number of alkyl halides is 3. The summed E-state index contributed by atoms with van der Waals surface area (Å²) in [6.45, 7) is 3.52. The predicted octanol–water partition coefficient (Wildman–Crippen LogP) is 1.87. The van der Waals surface area contributed by atoms with Gasteiger partial charge in [0.05, 0.1) is 10.9 Å². The fourth-order valence-corrected chi connectivity index (χ4v) is 2.99. The van der Waals surface area contributed by atoms with Gasteiger partial charge < -0.3 is 10.5 Å². The SMILES string of the molecule is CC(C)[C@H](Sc1nnnn1-c1ccc(OC(F)(F)F)cc1)C(=O)NC(N)=O. The Morgan fingerprint density at radius 2 is 1.89 bits per heavy atom. The van der Waals surface area contributed by atoms with E-state index in [1.165, 1.54) is 16.8 Å². The zero-order chi connectivity index (χ0) is 20.2. The molecule has 2 rings (SSSR count). The van der Waals surface area contributed by atoms with Crippen molar-refractivity contribution in [1.82, 2.24) is 25.5 Å². The van der Waals surface area contributed by atoms with E-state index in [1.807, 2.05) is 5.32 Å². The number of nitrogens with one attached hydrogen (secondary N) is 1. The summed E-state index contributed by atoms with van der Waals surface area (Å²) in [5.74, 6) is -1.19. The number of nitrogens with zero attached hydrogens (tertiary/aromatic N) is 4. The first-order chi connectivity index (χ1) is 12.6. The third-order valence-electron chi connectivity index (χ3n) is 3.10. The number of nitrogens with two attached hydrogens (primary N) is 1. The zero-order valence-corrected chi connectivity index (χ0v) is 14.9. The second-order valence-electron chi connectivity index (χ2n) is 5.55. The second-order valence-corrected chi connectivity index (χ2v) is 6.66. The topological polar surface area (TPSA) is 125 Å². The maximum Gasteiger partial charge on any atom is 0.573 e. The number of tetrazole rings is 1. The molecular formula is C14H15F3N6O3S. The molecule has 0 fully saturated rings. The molecule has 9 nitrogen and oxygen atoms in total. The lowest BCUT2D eigenvalue weighted by atomic mass is 10.1. The number of primary amides is 1. The average molecular weight is 404 g/mol. The van der Waals surface area contributed by atoms with Gasteiger partial charge >= 0.3 is 12.4 Å². The number of ether oxygens (including phenoxy) is 1. The fourth-order valence-electron chi connectivity index (χ4n) is 2.00. The Bertz CT molecular complexity index is 809. The molecule has 1 aromatic carbocycles. The van der Waals surface area contributed by atoms with Crippen LogP contribution in [0.1, 0.15) is 13.8 Å². The van der Waals surface area contributed by atoms with E-state index in [-0.39, 0.29) is 11.1 Å². The Morgan fingerprint density at radius 1 is 1.26 bits per heavy atom. The number of rotatable bonds is 6. The third kappa shape index (κ3) is 5.84. The molecule has 2 aromatic rings. The minimum absolute atomic E-state index is 0.193. The smallest absolute Gasteiger partial charge is 0.406 e. The average Bonchev–Trinajstić information content (AvgIpc) is 2.99. The molecule has 3 amide bonds. The molecule has 0 aliphatic heterocycles. The summed E-state index contributed by atoms with van der Waals surface area (Å²) in [6.07, 6.45) is -4.80. The quantitative estimate of drug-likeness (QED) is 0.704. The molecule has 0 spiro atoms. The number of hydrogen-bond donors (Lipinski definition) is 2. The number of hydrogen-bond acceptors (Lipinski definition) is 7. The van der Waals surface area contributed by atoms with E-state index in [9.17, 15) is 22.8 Å². The Morgan fingerprint density at radius 3 is 2.41 bits per heavy atom. The van der Waals surface area contributed by atoms with Gasteiger partial charge in [0.2, 0.25) is 11.1 Å². The van der Waals surface area contributed by atoms with Crippen LogP contribution >= 0.6 is 11.8 Å². The fraction of sp³-hybridized carbons (Fsp3) is 0.357. The second kappa shape index (κ2) is 8.24. The van der Waals surface area contributed by atoms with Crippen molar-refractivity contribution in [3.8, 4) is 11.4 Å². The van der Waals surface area contributed by atoms with E-state index in [2.05, 4.69) is 20.3 Å². The number of thioether (sulfide) groups is 1. The highest BCUT2D eigenvalue weighted by Crippen LogP contribution is 2.29. The van der Waals surface area contributed by atoms with Gasteiger partial charge in [-0.05, 0) is 40.6 Å². The lowest BCUT2D eigenvalue weighted by Crippen LogP contribution is -2.42. The highest BCUT2D eigenvalue weighted by molar-refractivity contribution is 8.00. The van der Waals surface area contributed by atoms with Crippen LogP contribution in [-0.4, -0.2) is 43.8 Å². The van der Waals surface area contributed by atoms with Crippen LogP contribution in [-0.2, 0) is 4.79 Å². The van der Waals surface area contributed by atoms with E-state index in [4.69, 9.17) is 5.73 Å². The highest BCUT2D eigenvalue weighted by Gasteiger charge is 2.31. The lowest BCUT2D eigenvalue weighted by molar-refractivity contribution is -0.274. The predicted molar refractivity (Wildman–Crippen MR) is 88.0 cm³/mol. The molecule has 1 heterocycles. The van der Waals surface area contributed by atoms with E-state index in [0.29, 0.717) is 5.69 Å². The molecule has 0 radical (unpaired) electrons. The van der Waals surface area contributed by atoms with Gasteiger partial charge in [-0.15, -0.1) is 18.3 Å². The van der Waals surface area contributed by atoms with Crippen molar-refractivity contribution in [3.63, 3.8) is 0 Å². The molecule has 1 aromatic heterocycles. The van der Waals surface area contributed by atoms with Crippen LogP contribution in [0.3, 0.4) is 0 Å². The van der Waals surface area contributed by atoms with Crippen molar-refractivity contribution in [2.45, 2.75) is 30.6 Å². The monoisotopic (exact) mass is 404 g/mol. The molecule has 27 heavy (non-hydrogen) atoms. The summed E-state index contributed by atoms with van der Waals surface area (Å²) in [5, 5.41) is 12.6. The minimum atomic E-state index is -4.80. The summed E-state index contributed by atoms with van der Waals surface area (Å²) >= 11 is 0.985. The van der Waals surface area contributed by atoms with Gasteiger partial charge in [0.15, 0.2) is 0 Å². The Kier molecular flexibility index (Phi) is 6.25. The molecule has 0 saturated heterocycles. The van der Waals surface area contributed by atoms with Crippen molar-refractivity contribution in [2.24, 2.45) is 11.7 Å². The van der Waals surface area contributed by atoms with Crippen molar-refractivity contribution in [1.29, 1.82) is 0 Å². The first-order valence-corrected chi connectivity index (χ1v) is 8.36. The summed E-state index contributed by atoms with van der Waals surface area (Å²) in [5.41, 5.74) is 5.32. The molecule has 0 aliphatic carbocycles. The maximum absolute atomic E-state index is 12.2. The Balaban J connectivity index is 2.21. The molecule has 1 atom stereocenters. The number of amides is 3. The summed E-state index contributed by atoms with van der Waals surface area (Å²) in [7, 11) is 0. The van der Waals surface area contributed by atoms with Crippen LogP contribution in [0.15, 0.2) is 29.4 Å². The molecule has 0 aliphatic rings. The summed E-state index contributed by atoms with van der Waals surface area (Å²) in [4.78, 5) is 23.0. The van der Waals surface area contributed by atoms with Crippen molar-refractivity contribution in [3.05, 3.63) is 24.3 Å². The number of benzene rings is 1. The maximum atomic E-state index is 12.2. The van der Waals surface area contributed by atoms with Gasteiger partial charge in [0, 0.05) is 0 Å². The van der Waals surface area contributed by atoms with Gasteiger partial charge in [0.25, 0.3) is 0 Å². The Hall–Kier alpha value is -2.83. The van der Waals surface area contributed by atoms with Gasteiger partial charge in [0.1, 0.15) is 5.75 Å². The van der Waals surface area contributed by atoms with Crippen LogP contribution in [0, 0.1) is 5.92 Å². The molecule has 0 saturated carbocycles. The van der Waals surface area contributed by atoms with E-state index < -0.39 is 29.3 Å². The van der Waals surface area contributed by atoms with Crippen LogP contribution < -0.4 is 15.8 Å². The lowest BCUT2D eigenvalue weighted by Gasteiger charge is -2.18. The number of halogens is 3. The number of carbonyl (C=O) groups is 2. The van der Waals surface area contributed by atoms with Crippen molar-refractivity contribution in [2.75, 3.05) is 0 Å². The zero-order valence-electron chi connectivity index (χ0n) is 14.1. The van der Waals surface area contributed by atoms with Crippen molar-refractivity contribution >= 4 is 23.7 Å². The first-order valence-electron chi connectivity index (χ1n) is 7.48. The standard InChI is InChI=1S/C14H15F3N6O3S/c1-7(2)10(11(24)19-12(18)25)27-13-20-21-22-23(13)8-3-5-9(6-4-8)26-14(15,16)17/h3-7,10H,1-2H3,(H3,18,19,24,25)/t10-/m0/s1. The van der Waals surface area contributed by atoms with E-state index >= 15 is 0 Å². The van der Waals surface area contributed by atoms with Crippen LogP contribution in [0.2, 0.25) is 0 Å². The number of aromatic nitrogens is 4. The first kappa shape index (κ1) is 20.5. The number of urea groups is 1. The normalized spacial score (nSPS) is 12.7. The van der Waals surface area contributed by atoms with Gasteiger partial charge in [-0.1, -0.05) is 25.6 Å². The third-order valence-corrected chi connectivity index (χ3v) is 4.58. The number of imide groups is 1. The van der Waals surface area contributed by atoms with E-state index in [1.54, 1.807) is 13.8 Å². The number of carbonyl (C=O) groups excluding carboxylic acids is 2. The van der Waals surface area contributed by atoms with Gasteiger partial charge in [-0.3, -0.25) is 10.1 Å². The molecular weight excluding hydrogens is 389 g/mol. The Labute approximate surface area is 155 Å². The highest BCUT2D eigenvalue weighted by atomic mass is 32.2. The molecule has 146 valence electrons. The molecule has 3 N–H and O–H groups in total. The molecule has 0 bridgehead atoms.